The van der Waals surface area contributed by atoms with Crippen LogP contribution in [0.5, 0.6) is 5.75 Å². The molecule has 2 N–H and O–H groups in total. The molecule has 0 amide bonds. The van der Waals surface area contributed by atoms with Crippen molar-refractivity contribution in [2.45, 2.75) is 11.8 Å². The predicted molar refractivity (Wildman–Crippen MR) is 102 cm³/mol. The minimum absolute atomic E-state index is 0.0666. The lowest BCUT2D eigenvalue weighted by molar-refractivity contribution is 0.476. The van der Waals surface area contributed by atoms with Crippen molar-refractivity contribution in [3.8, 4) is 5.75 Å². The SMILES string of the molecule is Cc1ccc(S(=O)(=O)O)cc1.Oc1c(I)cc(Cl)c2cccnc12. The number of benzene rings is 2. The van der Waals surface area contributed by atoms with Crippen molar-refractivity contribution >= 4 is 55.2 Å². The molecule has 0 aliphatic rings. The van der Waals surface area contributed by atoms with Gasteiger partial charge in [-0.15, -0.1) is 0 Å². The highest BCUT2D eigenvalue weighted by Crippen LogP contribution is 2.33. The van der Waals surface area contributed by atoms with Crippen molar-refractivity contribution in [2.75, 3.05) is 0 Å². The third-order valence-electron chi connectivity index (χ3n) is 3.09. The van der Waals surface area contributed by atoms with Crippen LogP contribution in [-0.4, -0.2) is 23.1 Å². The van der Waals surface area contributed by atoms with Crippen molar-refractivity contribution in [3.63, 3.8) is 0 Å². The van der Waals surface area contributed by atoms with Crippen LogP contribution >= 0.6 is 34.2 Å². The molecular formula is C16H13ClINO4S. The Labute approximate surface area is 158 Å². The van der Waals surface area contributed by atoms with E-state index in [0.717, 1.165) is 10.9 Å². The van der Waals surface area contributed by atoms with Crippen molar-refractivity contribution in [3.05, 3.63) is 62.8 Å². The van der Waals surface area contributed by atoms with E-state index < -0.39 is 10.1 Å². The van der Waals surface area contributed by atoms with Crippen molar-refractivity contribution in [1.29, 1.82) is 0 Å². The highest BCUT2D eigenvalue weighted by atomic mass is 127. The number of aryl methyl sites for hydroxylation is 1. The summed E-state index contributed by atoms with van der Waals surface area (Å²) in [5.41, 5.74) is 1.51. The monoisotopic (exact) mass is 477 g/mol. The van der Waals surface area contributed by atoms with Gasteiger partial charge in [-0.2, -0.15) is 8.42 Å². The van der Waals surface area contributed by atoms with E-state index in [1.165, 1.54) is 12.1 Å². The zero-order valence-electron chi connectivity index (χ0n) is 12.4. The van der Waals surface area contributed by atoms with Gasteiger partial charge < -0.3 is 5.11 Å². The number of halogens is 2. The molecule has 1 aromatic heterocycles. The molecule has 0 aliphatic heterocycles. The number of hydrogen-bond donors (Lipinski definition) is 2. The predicted octanol–water partition coefficient (Wildman–Crippen LogP) is 4.44. The fourth-order valence-electron chi connectivity index (χ4n) is 1.87. The van der Waals surface area contributed by atoms with Gasteiger partial charge in [0.25, 0.3) is 10.1 Å². The molecule has 0 atom stereocenters. The molecule has 5 nitrogen and oxygen atoms in total. The van der Waals surface area contributed by atoms with E-state index in [1.54, 1.807) is 30.5 Å². The van der Waals surface area contributed by atoms with Crippen LogP contribution < -0.4 is 0 Å². The second-order valence-electron chi connectivity index (χ2n) is 4.88. The number of aromatic nitrogens is 1. The quantitative estimate of drug-likeness (QED) is 0.400. The van der Waals surface area contributed by atoms with Gasteiger partial charge in [-0.3, -0.25) is 9.54 Å². The lowest BCUT2D eigenvalue weighted by Gasteiger charge is -2.03. The molecule has 0 radical (unpaired) electrons. The summed E-state index contributed by atoms with van der Waals surface area (Å²) in [6, 6.07) is 11.3. The lowest BCUT2D eigenvalue weighted by atomic mass is 10.2. The van der Waals surface area contributed by atoms with Crippen molar-refractivity contribution in [1.82, 2.24) is 4.98 Å². The van der Waals surface area contributed by atoms with E-state index in [2.05, 4.69) is 4.98 Å². The number of pyridine rings is 1. The number of fused-ring (bicyclic) bond motifs is 1. The zero-order valence-corrected chi connectivity index (χ0v) is 16.2. The summed E-state index contributed by atoms with van der Waals surface area (Å²) in [4.78, 5) is 4.00. The first kappa shape index (κ1) is 18.9. The minimum atomic E-state index is -4.02. The summed E-state index contributed by atoms with van der Waals surface area (Å²) >= 11 is 8.00. The molecule has 0 fully saturated rings. The molecule has 3 rings (SSSR count). The molecule has 0 aliphatic carbocycles. The average Bonchev–Trinajstić information content (AvgIpc) is 2.53. The molecule has 0 bridgehead atoms. The Morgan fingerprint density at radius 3 is 2.38 bits per heavy atom. The maximum atomic E-state index is 10.5. The van der Waals surface area contributed by atoms with Crippen LogP contribution in [0, 0.1) is 10.5 Å². The van der Waals surface area contributed by atoms with Crippen LogP contribution in [0.3, 0.4) is 0 Å². The second-order valence-corrected chi connectivity index (χ2v) is 7.87. The Bertz CT molecular complexity index is 975. The Morgan fingerprint density at radius 2 is 1.79 bits per heavy atom. The molecule has 0 unspecified atom stereocenters. The maximum Gasteiger partial charge on any atom is 0.294 e. The molecule has 24 heavy (non-hydrogen) atoms. The van der Waals surface area contributed by atoms with Gasteiger partial charge in [0.15, 0.2) is 5.75 Å². The largest absolute Gasteiger partial charge is 0.505 e. The Kier molecular flexibility index (Phi) is 6.02. The molecule has 2 aromatic carbocycles. The van der Waals surface area contributed by atoms with E-state index in [9.17, 15) is 13.5 Å². The third kappa shape index (κ3) is 4.56. The fraction of sp³-hybridized carbons (Fsp3) is 0.0625. The highest BCUT2D eigenvalue weighted by Gasteiger charge is 2.08. The summed E-state index contributed by atoms with van der Waals surface area (Å²) in [7, 11) is -4.02. The number of hydrogen-bond acceptors (Lipinski definition) is 4. The van der Waals surface area contributed by atoms with Crippen molar-refractivity contribution in [2.24, 2.45) is 0 Å². The molecule has 0 saturated heterocycles. The standard InChI is InChI=1S/C9H5ClINO.C7H8O3S/c10-6-4-7(11)9(13)8-5(6)2-1-3-12-8;1-6-2-4-7(5-3-6)11(8,9)10/h1-4,13H;2-5H,1H3,(H,8,9,10). The van der Waals surface area contributed by atoms with Gasteiger partial charge in [-0.1, -0.05) is 29.3 Å². The van der Waals surface area contributed by atoms with Gasteiger partial charge >= 0.3 is 0 Å². The number of aromatic hydroxyl groups is 1. The fourth-order valence-corrected chi connectivity index (χ4v) is 3.36. The van der Waals surface area contributed by atoms with Crippen LogP contribution in [0.4, 0.5) is 0 Å². The topological polar surface area (TPSA) is 87.5 Å². The molecule has 0 saturated carbocycles. The number of nitrogens with zero attached hydrogens (tertiary/aromatic N) is 1. The maximum absolute atomic E-state index is 10.5. The van der Waals surface area contributed by atoms with Gasteiger partial charge in [0.2, 0.25) is 0 Å². The van der Waals surface area contributed by atoms with Gasteiger partial charge in [-0.25, -0.2) is 0 Å². The normalized spacial score (nSPS) is 11.0. The van der Waals surface area contributed by atoms with Gasteiger partial charge in [0, 0.05) is 11.6 Å². The van der Waals surface area contributed by atoms with E-state index in [0.29, 0.717) is 14.1 Å². The first-order valence-corrected chi connectivity index (χ1v) is 9.55. The van der Waals surface area contributed by atoms with Gasteiger partial charge in [-0.05, 0) is 59.8 Å². The van der Waals surface area contributed by atoms with E-state index >= 15 is 0 Å². The summed E-state index contributed by atoms with van der Waals surface area (Å²) in [6.07, 6.45) is 1.63. The van der Waals surface area contributed by atoms with Gasteiger partial charge in [0.1, 0.15) is 5.52 Å². The van der Waals surface area contributed by atoms with Crippen molar-refractivity contribution < 1.29 is 18.1 Å². The number of phenolic OH excluding ortho intramolecular Hbond substituents is 1. The summed E-state index contributed by atoms with van der Waals surface area (Å²) in [6.45, 7) is 1.84. The third-order valence-corrected chi connectivity index (χ3v) is 5.09. The van der Waals surface area contributed by atoms with Crippen LogP contribution in [0.15, 0.2) is 53.6 Å². The molecule has 1 heterocycles. The van der Waals surface area contributed by atoms with E-state index in [-0.39, 0.29) is 10.6 Å². The molecule has 8 heteroatoms. The number of phenols is 1. The van der Waals surface area contributed by atoms with Gasteiger partial charge in [0.05, 0.1) is 13.5 Å². The van der Waals surface area contributed by atoms with Crippen LogP contribution in [0.2, 0.25) is 5.02 Å². The first-order valence-electron chi connectivity index (χ1n) is 6.66. The lowest BCUT2D eigenvalue weighted by Crippen LogP contribution is -1.96. The summed E-state index contributed by atoms with van der Waals surface area (Å²) in [5.74, 6) is 0.195. The number of rotatable bonds is 1. The second kappa shape index (κ2) is 7.64. The minimum Gasteiger partial charge on any atom is -0.505 e. The van der Waals surface area contributed by atoms with Crippen LogP contribution in [0.1, 0.15) is 5.56 Å². The Hall–Kier alpha value is -1.42. The highest BCUT2D eigenvalue weighted by molar-refractivity contribution is 14.1. The Balaban J connectivity index is 0.000000177. The van der Waals surface area contributed by atoms with Crippen LogP contribution in [-0.2, 0) is 10.1 Å². The summed E-state index contributed by atoms with van der Waals surface area (Å²) < 4.78 is 30.3. The first-order chi connectivity index (χ1) is 11.2. The summed E-state index contributed by atoms with van der Waals surface area (Å²) in [5, 5.41) is 11.0. The molecule has 0 spiro atoms. The zero-order chi connectivity index (χ0) is 17.9. The smallest absolute Gasteiger partial charge is 0.294 e. The van der Waals surface area contributed by atoms with E-state index in [1.807, 2.05) is 35.6 Å². The average molecular weight is 478 g/mol. The van der Waals surface area contributed by atoms with E-state index in [4.69, 9.17) is 16.2 Å². The molecule has 3 aromatic rings. The Morgan fingerprint density at radius 1 is 1.17 bits per heavy atom. The molecular weight excluding hydrogens is 465 g/mol. The molecule has 126 valence electrons. The van der Waals surface area contributed by atoms with Crippen LogP contribution in [0.25, 0.3) is 10.9 Å².